The zero-order valence-electron chi connectivity index (χ0n) is 13.0. The number of rotatable bonds is 4. The summed E-state index contributed by atoms with van der Waals surface area (Å²) in [5.74, 6) is -2.37. The SMILES string of the molecule is CCCC1CCC(c2ccc(-c3ccc(F)c(F)c3)c(F)c2)O1. The van der Waals surface area contributed by atoms with Gasteiger partial charge < -0.3 is 4.74 Å². The van der Waals surface area contributed by atoms with Crippen molar-refractivity contribution >= 4 is 0 Å². The molecule has 4 heteroatoms. The lowest BCUT2D eigenvalue weighted by molar-refractivity contribution is 0.0395. The van der Waals surface area contributed by atoms with Crippen molar-refractivity contribution in [3.63, 3.8) is 0 Å². The summed E-state index contributed by atoms with van der Waals surface area (Å²) in [5, 5.41) is 0. The van der Waals surface area contributed by atoms with Crippen molar-refractivity contribution in [1.29, 1.82) is 0 Å². The van der Waals surface area contributed by atoms with Crippen LogP contribution in [0.1, 0.15) is 44.3 Å². The molecule has 1 saturated heterocycles. The molecule has 0 spiro atoms. The molecule has 1 aliphatic heterocycles. The van der Waals surface area contributed by atoms with Crippen LogP contribution in [0, 0.1) is 17.5 Å². The van der Waals surface area contributed by atoms with Crippen molar-refractivity contribution in [2.45, 2.75) is 44.8 Å². The van der Waals surface area contributed by atoms with Gasteiger partial charge in [-0.3, -0.25) is 0 Å². The first-order valence-electron chi connectivity index (χ1n) is 7.98. The molecule has 2 aromatic carbocycles. The van der Waals surface area contributed by atoms with Crippen LogP contribution in [0.3, 0.4) is 0 Å². The Hall–Kier alpha value is -1.81. The lowest BCUT2D eigenvalue weighted by Crippen LogP contribution is -2.06. The van der Waals surface area contributed by atoms with E-state index in [2.05, 4.69) is 6.92 Å². The second kappa shape index (κ2) is 6.75. The summed E-state index contributed by atoms with van der Waals surface area (Å²) in [4.78, 5) is 0. The third-order valence-corrected chi connectivity index (χ3v) is 4.31. The molecule has 1 heterocycles. The Kier molecular flexibility index (Phi) is 4.71. The first-order valence-corrected chi connectivity index (χ1v) is 7.98. The van der Waals surface area contributed by atoms with Crippen molar-refractivity contribution in [2.75, 3.05) is 0 Å². The third-order valence-electron chi connectivity index (χ3n) is 4.31. The Morgan fingerprint density at radius 3 is 2.48 bits per heavy atom. The van der Waals surface area contributed by atoms with Crippen LogP contribution in [0.15, 0.2) is 36.4 Å². The van der Waals surface area contributed by atoms with E-state index in [1.54, 1.807) is 12.1 Å². The van der Waals surface area contributed by atoms with Crippen LogP contribution in [0.2, 0.25) is 0 Å². The van der Waals surface area contributed by atoms with E-state index in [4.69, 9.17) is 4.74 Å². The van der Waals surface area contributed by atoms with Gasteiger partial charge in [-0.15, -0.1) is 0 Å². The molecule has 1 nitrogen and oxygen atoms in total. The molecule has 23 heavy (non-hydrogen) atoms. The zero-order valence-corrected chi connectivity index (χ0v) is 13.0. The van der Waals surface area contributed by atoms with Gasteiger partial charge in [-0.2, -0.15) is 0 Å². The Morgan fingerprint density at radius 1 is 0.957 bits per heavy atom. The van der Waals surface area contributed by atoms with E-state index in [0.717, 1.165) is 43.4 Å². The second-order valence-electron chi connectivity index (χ2n) is 5.98. The van der Waals surface area contributed by atoms with Crippen LogP contribution in [-0.4, -0.2) is 6.10 Å². The number of halogens is 3. The predicted molar refractivity (Wildman–Crippen MR) is 83.5 cm³/mol. The Morgan fingerprint density at radius 2 is 1.78 bits per heavy atom. The van der Waals surface area contributed by atoms with E-state index >= 15 is 0 Å². The highest BCUT2D eigenvalue weighted by atomic mass is 19.2. The topological polar surface area (TPSA) is 9.23 Å². The standard InChI is InChI=1S/C19H19F3O/c1-2-3-14-6-9-19(23-14)13-4-7-15(17(21)11-13)12-5-8-16(20)18(22)10-12/h4-5,7-8,10-11,14,19H,2-3,6,9H2,1H3. The average Bonchev–Trinajstić information content (AvgIpc) is 2.99. The molecule has 1 aliphatic rings. The van der Waals surface area contributed by atoms with Gasteiger partial charge in [-0.25, -0.2) is 13.2 Å². The quantitative estimate of drug-likeness (QED) is 0.692. The van der Waals surface area contributed by atoms with E-state index in [1.807, 2.05) is 0 Å². The Bertz CT molecular complexity index is 699. The Labute approximate surface area is 134 Å². The van der Waals surface area contributed by atoms with E-state index in [-0.39, 0.29) is 17.8 Å². The summed E-state index contributed by atoms with van der Waals surface area (Å²) in [6.45, 7) is 2.12. The lowest BCUT2D eigenvalue weighted by atomic mass is 9.99. The molecule has 1 fully saturated rings. The summed E-state index contributed by atoms with van der Waals surface area (Å²) in [6, 6.07) is 8.24. The molecule has 2 atom stereocenters. The maximum absolute atomic E-state index is 14.4. The third kappa shape index (κ3) is 3.42. The average molecular weight is 320 g/mol. The van der Waals surface area contributed by atoms with Gasteiger partial charge in [-0.05, 0) is 48.6 Å². The van der Waals surface area contributed by atoms with Crippen LogP contribution in [0.25, 0.3) is 11.1 Å². The number of ether oxygens (including phenoxy) is 1. The highest BCUT2D eigenvalue weighted by molar-refractivity contribution is 5.64. The van der Waals surface area contributed by atoms with E-state index in [9.17, 15) is 13.2 Å². The monoisotopic (exact) mass is 320 g/mol. The van der Waals surface area contributed by atoms with Gasteiger partial charge in [-0.1, -0.05) is 31.5 Å². The molecule has 2 unspecified atom stereocenters. The van der Waals surface area contributed by atoms with Crippen molar-refractivity contribution in [1.82, 2.24) is 0 Å². The van der Waals surface area contributed by atoms with Gasteiger partial charge in [0.15, 0.2) is 11.6 Å². The molecule has 0 aliphatic carbocycles. The van der Waals surface area contributed by atoms with Gasteiger partial charge >= 0.3 is 0 Å². The fourth-order valence-electron chi connectivity index (χ4n) is 3.11. The van der Waals surface area contributed by atoms with Gasteiger partial charge in [0.05, 0.1) is 12.2 Å². The van der Waals surface area contributed by atoms with Gasteiger partial charge in [0.2, 0.25) is 0 Å². The van der Waals surface area contributed by atoms with Crippen LogP contribution in [0.5, 0.6) is 0 Å². The smallest absolute Gasteiger partial charge is 0.159 e. The molecule has 0 saturated carbocycles. The van der Waals surface area contributed by atoms with Crippen LogP contribution < -0.4 is 0 Å². The maximum atomic E-state index is 14.4. The van der Waals surface area contributed by atoms with Crippen LogP contribution >= 0.6 is 0 Å². The molecular formula is C19H19F3O. The molecule has 122 valence electrons. The minimum Gasteiger partial charge on any atom is -0.370 e. The molecule has 2 aromatic rings. The van der Waals surface area contributed by atoms with Gasteiger partial charge in [0.1, 0.15) is 5.82 Å². The van der Waals surface area contributed by atoms with Gasteiger partial charge in [0, 0.05) is 5.56 Å². The molecular weight excluding hydrogens is 301 g/mol. The predicted octanol–water partition coefficient (Wildman–Crippen LogP) is 5.79. The van der Waals surface area contributed by atoms with Crippen molar-refractivity contribution in [3.05, 3.63) is 59.4 Å². The van der Waals surface area contributed by atoms with E-state index in [1.165, 1.54) is 12.1 Å². The molecule has 0 N–H and O–H groups in total. The molecule has 0 aromatic heterocycles. The van der Waals surface area contributed by atoms with Crippen molar-refractivity contribution < 1.29 is 17.9 Å². The van der Waals surface area contributed by atoms with E-state index in [0.29, 0.717) is 5.56 Å². The summed E-state index contributed by atoms with van der Waals surface area (Å²) in [5.41, 5.74) is 1.38. The van der Waals surface area contributed by atoms with E-state index < -0.39 is 17.5 Å². The lowest BCUT2D eigenvalue weighted by Gasteiger charge is -2.14. The molecule has 3 rings (SSSR count). The normalized spacial score (nSPS) is 20.9. The van der Waals surface area contributed by atoms with Crippen molar-refractivity contribution in [3.8, 4) is 11.1 Å². The fourth-order valence-corrected chi connectivity index (χ4v) is 3.11. The Balaban J connectivity index is 1.82. The second-order valence-corrected chi connectivity index (χ2v) is 5.98. The molecule has 0 amide bonds. The minimum absolute atomic E-state index is 0.0833. The number of hydrogen-bond donors (Lipinski definition) is 0. The summed E-state index contributed by atoms with van der Waals surface area (Å²) in [7, 11) is 0. The molecule has 0 radical (unpaired) electrons. The van der Waals surface area contributed by atoms with Crippen molar-refractivity contribution in [2.24, 2.45) is 0 Å². The highest BCUT2D eigenvalue weighted by Gasteiger charge is 2.26. The minimum atomic E-state index is -0.979. The first-order chi connectivity index (χ1) is 11.1. The number of hydrogen-bond acceptors (Lipinski definition) is 1. The van der Waals surface area contributed by atoms with Crippen LogP contribution in [-0.2, 0) is 4.74 Å². The fraction of sp³-hybridized carbons (Fsp3) is 0.368. The summed E-state index contributed by atoms with van der Waals surface area (Å²) >= 11 is 0. The largest absolute Gasteiger partial charge is 0.370 e. The van der Waals surface area contributed by atoms with Gasteiger partial charge in [0.25, 0.3) is 0 Å². The zero-order chi connectivity index (χ0) is 16.4. The first kappa shape index (κ1) is 16.1. The summed E-state index contributed by atoms with van der Waals surface area (Å²) in [6.07, 6.45) is 4.13. The summed E-state index contributed by atoms with van der Waals surface area (Å²) < 4.78 is 46.7. The molecule has 0 bridgehead atoms. The van der Waals surface area contributed by atoms with Crippen LogP contribution in [0.4, 0.5) is 13.2 Å². The maximum Gasteiger partial charge on any atom is 0.159 e. The highest BCUT2D eigenvalue weighted by Crippen LogP contribution is 2.36. The number of benzene rings is 2.